The van der Waals surface area contributed by atoms with Crippen molar-refractivity contribution in [1.82, 2.24) is 25.5 Å². The number of nitrogens with one attached hydrogen (secondary N) is 1. The maximum atomic E-state index is 12.5. The van der Waals surface area contributed by atoms with Crippen LogP contribution in [0.5, 0.6) is 0 Å². The van der Waals surface area contributed by atoms with Crippen molar-refractivity contribution in [2.75, 3.05) is 0 Å². The number of hydrogen-bond donors (Lipinski definition) is 1. The molecule has 0 spiro atoms. The minimum absolute atomic E-state index is 0.229. The highest BCUT2D eigenvalue weighted by Gasteiger charge is 2.42. The molecule has 0 aliphatic heterocycles. The highest BCUT2D eigenvalue weighted by molar-refractivity contribution is 5.86. The van der Waals surface area contributed by atoms with Crippen molar-refractivity contribution >= 4 is 5.91 Å². The summed E-state index contributed by atoms with van der Waals surface area (Å²) < 4.78 is 1.60. The smallest absolute Gasteiger partial charge is 0.241 e. The molecule has 0 unspecified atom stereocenters. The average molecular weight is 310 g/mol. The van der Waals surface area contributed by atoms with Crippen LogP contribution in [0.3, 0.4) is 0 Å². The molecule has 0 bridgehead atoms. The molecule has 1 aliphatic rings. The first-order valence-electron chi connectivity index (χ1n) is 7.72. The number of carbonyl (C=O) groups excluding carboxylic acids is 1. The first-order valence-corrected chi connectivity index (χ1v) is 7.72. The lowest BCUT2D eigenvalue weighted by molar-refractivity contribution is -0.128. The van der Waals surface area contributed by atoms with E-state index in [2.05, 4.69) is 26.9 Å². The summed E-state index contributed by atoms with van der Waals surface area (Å²) in [5, 5.41) is 24.0. The molecule has 0 radical (unpaired) electrons. The third-order valence-electron chi connectivity index (χ3n) is 4.34. The first kappa shape index (κ1) is 15.2. The van der Waals surface area contributed by atoms with Gasteiger partial charge in [0.25, 0.3) is 0 Å². The van der Waals surface area contributed by atoms with Gasteiger partial charge in [-0.2, -0.15) is 9.94 Å². The van der Waals surface area contributed by atoms with Crippen molar-refractivity contribution in [2.45, 2.75) is 38.6 Å². The Labute approximate surface area is 134 Å². The highest BCUT2D eigenvalue weighted by Crippen LogP contribution is 2.38. The van der Waals surface area contributed by atoms with Gasteiger partial charge in [-0.1, -0.05) is 31.0 Å². The number of nitrogens with zero attached hydrogens (tertiary/aromatic N) is 5. The second-order valence-electron chi connectivity index (χ2n) is 5.88. The largest absolute Gasteiger partial charge is 0.345 e. The van der Waals surface area contributed by atoms with E-state index < -0.39 is 5.41 Å². The standard InChI is InChI=1S/C16H18N6O/c1-12(18-15(23)16(11-17)9-5-6-10-16)14-19-20-21-22(14)13-7-3-2-4-8-13/h2-4,7-8,12H,5-6,9-10H2,1H3,(H,18,23)/t12-/m1/s1. The van der Waals surface area contributed by atoms with Crippen LogP contribution in [0.25, 0.3) is 5.69 Å². The van der Waals surface area contributed by atoms with Crippen molar-refractivity contribution in [3.8, 4) is 11.8 Å². The Morgan fingerprint density at radius 2 is 2.04 bits per heavy atom. The van der Waals surface area contributed by atoms with Crippen molar-refractivity contribution in [3.63, 3.8) is 0 Å². The molecule has 1 atom stereocenters. The molecule has 118 valence electrons. The molecule has 1 N–H and O–H groups in total. The molecule has 1 aromatic carbocycles. The number of benzene rings is 1. The van der Waals surface area contributed by atoms with Gasteiger partial charge in [-0.15, -0.1) is 5.10 Å². The zero-order chi connectivity index (χ0) is 16.3. The number of aromatic nitrogens is 4. The van der Waals surface area contributed by atoms with E-state index in [4.69, 9.17) is 0 Å². The van der Waals surface area contributed by atoms with Crippen LogP contribution in [0, 0.1) is 16.7 Å². The van der Waals surface area contributed by atoms with Crippen molar-refractivity contribution in [3.05, 3.63) is 36.2 Å². The second-order valence-corrected chi connectivity index (χ2v) is 5.88. The van der Waals surface area contributed by atoms with Crippen molar-refractivity contribution < 1.29 is 4.79 Å². The first-order chi connectivity index (χ1) is 11.2. The molecule has 0 saturated heterocycles. The molecule has 7 nitrogen and oxygen atoms in total. The predicted octanol–water partition coefficient (Wildman–Crippen LogP) is 1.92. The SMILES string of the molecule is C[C@@H](NC(=O)C1(C#N)CCCC1)c1nnnn1-c1ccccc1. The maximum absolute atomic E-state index is 12.5. The normalized spacial score (nSPS) is 17.4. The second kappa shape index (κ2) is 6.16. The molecule has 1 heterocycles. The number of hydrogen-bond acceptors (Lipinski definition) is 5. The van der Waals surface area contributed by atoms with Crippen LogP contribution in [-0.2, 0) is 4.79 Å². The summed E-state index contributed by atoms with van der Waals surface area (Å²) in [6.07, 6.45) is 3.06. The van der Waals surface area contributed by atoms with Crippen LogP contribution in [0.2, 0.25) is 0 Å². The van der Waals surface area contributed by atoms with Crippen LogP contribution in [0.4, 0.5) is 0 Å². The van der Waals surface area contributed by atoms with E-state index in [1.165, 1.54) is 0 Å². The molecule has 7 heteroatoms. The molecule has 3 rings (SSSR count). The summed E-state index contributed by atoms with van der Waals surface area (Å²) in [5.74, 6) is 0.309. The van der Waals surface area contributed by atoms with E-state index in [0.717, 1.165) is 18.5 Å². The Bertz CT molecular complexity index is 727. The predicted molar refractivity (Wildman–Crippen MR) is 82.2 cm³/mol. The summed E-state index contributed by atoms with van der Waals surface area (Å²) in [6.45, 7) is 1.82. The van der Waals surface area contributed by atoms with Gasteiger partial charge in [0, 0.05) is 0 Å². The van der Waals surface area contributed by atoms with Crippen molar-refractivity contribution in [1.29, 1.82) is 5.26 Å². The Morgan fingerprint density at radius 1 is 1.35 bits per heavy atom. The molecule has 1 saturated carbocycles. The summed E-state index contributed by atoms with van der Waals surface area (Å²) in [6, 6.07) is 11.3. The Kier molecular flexibility index (Phi) is 4.06. The van der Waals surface area contributed by atoms with Gasteiger partial charge in [-0.05, 0) is 42.3 Å². The zero-order valence-corrected chi connectivity index (χ0v) is 12.9. The van der Waals surface area contributed by atoms with Gasteiger partial charge >= 0.3 is 0 Å². The minimum atomic E-state index is -0.903. The Morgan fingerprint density at radius 3 is 2.70 bits per heavy atom. The molecule has 1 aliphatic carbocycles. The fraction of sp³-hybridized carbons (Fsp3) is 0.438. The van der Waals surface area contributed by atoms with E-state index in [1.54, 1.807) is 4.68 Å². The molecule has 23 heavy (non-hydrogen) atoms. The van der Waals surface area contributed by atoms with Crippen LogP contribution in [0.1, 0.15) is 44.5 Å². The molecule has 2 aromatic rings. The summed E-state index contributed by atoms with van der Waals surface area (Å²) in [4.78, 5) is 12.5. The van der Waals surface area contributed by atoms with Gasteiger partial charge in [0.05, 0.1) is 17.8 Å². The van der Waals surface area contributed by atoms with Gasteiger partial charge in [-0.3, -0.25) is 4.79 Å². The number of tetrazole rings is 1. The summed E-state index contributed by atoms with van der Waals surface area (Å²) in [7, 11) is 0. The summed E-state index contributed by atoms with van der Waals surface area (Å²) >= 11 is 0. The maximum Gasteiger partial charge on any atom is 0.241 e. The number of nitriles is 1. The van der Waals surface area contributed by atoms with Gasteiger partial charge < -0.3 is 5.32 Å². The van der Waals surface area contributed by atoms with E-state index in [-0.39, 0.29) is 11.9 Å². The number of para-hydroxylation sites is 1. The van der Waals surface area contributed by atoms with E-state index in [1.807, 2.05) is 37.3 Å². The van der Waals surface area contributed by atoms with E-state index >= 15 is 0 Å². The Balaban J connectivity index is 1.80. The van der Waals surface area contributed by atoms with Crippen LogP contribution < -0.4 is 5.32 Å². The molecule has 1 aromatic heterocycles. The third-order valence-corrected chi connectivity index (χ3v) is 4.34. The van der Waals surface area contributed by atoms with Crippen LogP contribution in [-0.4, -0.2) is 26.1 Å². The average Bonchev–Trinajstić information content (AvgIpc) is 3.25. The topological polar surface area (TPSA) is 96.5 Å². The Hall–Kier alpha value is -2.75. The lowest BCUT2D eigenvalue weighted by Gasteiger charge is -2.22. The quantitative estimate of drug-likeness (QED) is 0.930. The van der Waals surface area contributed by atoms with Gasteiger partial charge in [-0.25, -0.2) is 0 Å². The van der Waals surface area contributed by atoms with Crippen LogP contribution >= 0.6 is 0 Å². The van der Waals surface area contributed by atoms with E-state index in [0.29, 0.717) is 18.7 Å². The van der Waals surface area contributed by atoms with Gasteiger partial charge in [0.15, 0.2) is 5.82 Å². The number of amides is 1. The minimum Gasteiger partial charge on any atom is -0.345 e. The lowest BCUT2D eigenvalue weighted by Crippen LogP contribution is -2.40. The molecular formula is C16H18N6O. The van der Waals surface area contributed by atoms with Gasteiger partial charge in [0.1, 0.15) is 5.41 Å². The molecule has 1 amide bonds. The van der Waals surface area contributed by atoms with E-state index in [9.17, 15) is 10.1 Å². The monoisotopic (exact) mass is 310 g/mol. The zero-order valence-electron chi connectivity index (χ0n) is 12.9. The van der Waals surface area contributed by atoms with Gasteiger partial charge in [0.2, 0.25) is 5.91 Å². The molecule has 1 fully saturated rings. The highest BCUT2D eigenvalue weighted by atomic mass is 16.2. The fourth-order valence-corrected chi connectivity index (χ4v) is 2.98. The van der Waals surface area contributed by atoms with Crippen LogP contribution in [0.15, 0.2) is 30.3 Å². The third kappa shape index (κ3) is 2.80. The number of carbonyl (C=O) groups is 1. The number of rotatable bonds is 4. The van der Waals surface area contributed by atoms with Crippen molar-refractivity contribution in [2.24, 2.45) is 5.41 Å². The summed E-state index contributed by atoms with van der Waals surface area (Å²) in [5.41, 5.74) is -0.0799. The lowest BCUT2D eigenvalue weighted by atomic mass is 9.87. The fourth-order valence-electron chi connectivity index (χ4n) is 2.98. The molecular weight excluding hydrogens is 292 g/mol.